The minimum atomic E-state index is -0.342. The summed E-state index contributed by atoms with van der Waals surface area (Å²) in [7, 11) is 0. The van der Waals surface area contributed by atoms with E-state index >= 15 is 0 Å². The fourth-order valence-corrected chi connectivity index (χ4v) is 4.84. The fourth-order valence-electron chi connectivity index (χ4n) is 4.84. The molecular formula is C38H46N8O4. The summed E-state index contributed by atoms with van der Waals surface area (Å²) in [5.74, 6) is 0.374. The molecule has 0 aromatic heterocycles. The Balaban J connectivity index is 1.65. The van der Waals surface area contributed by atoms with Crippen molar-refractivity contribution in [3.05, 3.63) is 120 Å². The van der Waals surface area contributed by atoms with Crippen LogP contribution in [0, 0.1) is 0 Å². The molecule has 3 aromatic rings. The Kier molecular flexibility index (Phi) is 15.1. The minimum Gasteiger partial charge on any atom is -0.334 e. The van der Waals surface area contributed by atoms with E-state index in [4.69, 9.17) is 0 Å². The van der Waals surface area contributed by atoms with E-state index < -0.39 is 0 Å². The van der Waals surface area contributed by atoms with Crippen LogP contribution in [0.25, 0.3) is 0 Å². The molecule has 0 saturated carbocycles. The van der Waals surface area contributed by atoms with Gasteiger partial charge in [-0.15, -0.1) is 13.2 Å². The number of nitrogens with zero attached hydrogens (tertiary/aromatic N) is 4. The Hall–Kier alpha value is -6.04. The maximum absolute atomic E-state index is 13.0. The molecule has 0 fully saturated rings. The van der Waals surface area contributed by atoms with Crippen LogP contribution in [-0.4, -0.2) is 84.6 Å². The lowest BCUT2D eigenvalue weighted by Gasteiger charge is -2.23. The molecule has 0 aliphatic heterocycles. The van der Waals surface area contributed by atoms with Gasteiger partial charge in [-0.25, -0.2) is 9.59 Å². The maximum Gasteiger partial charge on any atom is 0.323 e. The molecule has 50 heavy (non-hydrogen) atoms. The quantitative estimate of drug-likeness (QED) is 0.0919. The van der Waals surface area contributed by atoms with Gasteiger partial charge in [0.05, 0.1) is 0 Å². The number of nitrogens with one attached hydrogen (secondary N) is 4. The Labute approximate surface area is 294 Å². The van der Waals surface area contributed by atoms with Gasteiger partial charge in [-0.2, -0.15) is 0 Å². The van der Waals surface area contributed by atoms with Gasteiger partial charge in [-0.05, 0) is 100 Å². The van der Waals surface area contributed by atoms with Crippen molar-refractivity contribution < 1.29 is 19.2 Å². The van der Waals surface area contributed by atoms with Crippen molar-refractivity contribution >= 4 is 46.9 Å². The summed E-state index contributed by atoms with van der Waals surface area (Å²) in [4.78, 5) is 63.5. The van der Waals surface area contributed by atoms with Crippen LogP contribution in [0.5, 0.6) is 0 Å². The summed E-state index contributed by atoms with van der Waals surface area (Å²) in [6.07, 6.45) is 3.22. The lowest BCUT2D eigenvalue weighted by molar-refractivity contribution is 0.101. The molecule has 0 bridgehead atoms. The largest absolute Gasteiger partial charge is 0.334 e. The predicted molar refractivity (Wildman–Crippen MR) is 201 cm³/mol. The van der Waals surface area contributed by atoms with Crippen LogP contribution in [0.2, 0.25) is 0 Å². The fraction of sp³-hybridized carbons (Fsp3) is 0.263. The number of carbonyl (C=O) groups is 4. The molecule has 0 heterocycles. The number of amides is 6. The van der Waals surface area contributed by atoms with Crippen LogP contribution in [0.3, 0.4) is 0 Å². The second-order valence-corrected chi connectivity index (χ2v) is 10.7. The summed E-state index contributed by atoms with van der Waals surface area (Å²) in [6, 6.07) is 20.0. The lowest BCUT2D eigenvalue weighted by atomic mass is 10.1. The van der Waals surface area contributed by atoms with Crippen molar-refractivity contribution in [2.45, 2.75) is 27.7 Å². The van der Waals surface area contributed by atoms with Gasteiger partial charge in [0.15, 0.2) is 0 Å². The van der Waals surface area contributed by atoms with Crippen LogP contribution in [0.4, 0.5) is 21.0 Å². The van der Waals surface area contributed by atoms with Crippen LogP contribution >= 0.6 is 0 Å². The number of rotatable bonds is 14. The van der Waals surface area contributed by atoms with Gasteiger partial charge in [0, 0.05) is 72.9 Å². The molecule has 3 aromatic carbocycles. The molecule has 0 radical (unpaired) electrons. The number of hydrogen-bond donors (Lipinski definition) is 4. The molecular weight excluding hydrogens is 632 g/mol. The molecule has 0 spiro atoms. The van der Waals surface area contributed by atoms with Gasteiger partial charge < -0.3 is 21.3 Å². The minimum absolute atomic E-state index is 0.274. The van der Waals surface area contributed by atoms with Crippen molar-refractivity contribution in [2.75, 3.05) is 49.9 Å². The van der Waals surface area contributed by atoms with Crippen LogP contribution in [-0.2, 0) is 0 Å². The zero-order valence-corrected chi connectivity index (χ0v) is 29.2. The summed E-state index contributed by atoms with van der Waals surface area (Å²) < 4.78 is 0. The van der Waals surface area contributed by atoms with E-state index in [-0.39, 0.29) is 23.9 Å². The Morgan fingerprint density at radius 1 is 0.560 bits per heavy atom. The Morgan fingerprint density at radius 2 is 0.880 bits per heavy atom. The van der Waals surface area contributed by atoms with Gasteiger partial charge in [0.2, 0.25) is 0 Å². The average Bonchev–Trinajstić information content (AvgIpc) is 3.13. The van der Waals surface area contributed by atoms with Gasteiger partial charge in [-0.3, -0.25) is 29.4 Å². The normalized spacial score (nSPS) is 11.2. The smallest absolute Gasteiger partial charge is 0.323 e. The third-order valence-corrected chi connectivity index (χ3v) is 7.26. The molecule has 4 N–H and O–H groups in total. The van der Waals surface area contributed by atoms with E-state index in [0.717, 1.165) is 11.1 Å². The first-order chi connectivity index (χ1) is 24.2. The standard InChI is InChI=1S/C38H46N8O4/c1-7-25-41-37(49)45(11-5)33(39-9-3)27-17-21-31(22-18-27)43-35(47)29-13-15-30(16-14-29)36(48)44-32-23-19-28(20-24-32)34(40-10-4)46(12-6)38(50)42-26-8-2/h7-8,13-24H,1-2,9-12,25-26H2,3-6H3,(H,41,49)(H,42,50)(H,43,47)(H,44,48). The van der Waals surface area contributed by atoms with E-state index in [2.05, 4.69) is 44.4 Å². The Bertz CT molecular complexity index is 1570. The molecule has 6 amide bonds. The second-order valence-electron chi connectivity index (χ2n) is 10.7. The number of urea groups is 2. The first-order valence-corrected chi connectivity index (χ1v) is 16.6. The number of amidine groups is 2. The van der Waals surface area contributed by atoms with E-state index in [1.165, 1.54) is 0 Å². The summed E-state index contributed by atoms with van der Waals surface area (Å²) in [5, 5.41) is 11.3. The van der Waals surface area contributed by atoms with Crippen LogP contribution in [0.1, 0.15) is 59.5 Å². The molecule has 0 unspecified atom stereocenters. The molecule has 3 rings (SSSR count). The summed E-state index contributed by atoms with van der Waals surface area (Å²) >= 11 is 0. The van der Waals surface area contributed by atoms with Crippen molar-refractivity contribution in [3.8, 4) is 0 Å². The summed E-state index contributed by atoms with van der Waals surface area (Å²) in [6.45, 7) is 17.3. The highest BCUT2D eigenvalue weighted by Crippen LogP contribution is 2.17. The Morgan fingerprint density at radius 3 is 1.16 bits per heavy atom. The highest BCUT2D eigenvalue weighted by atomic mass is 16.2. The third kappa shape index (κ3) is 10.5. The van der Waals surface area contributed by atoms with Gasteiger partial charge in [0.1, 0.15) is 11.7 Å². The van der Waals surface area contributed by atoms with Gasteiger partial charge >= 0.3 is 12.1 Å². The number of anilines is 2. The van der Waals surface area contributed by atoms with Crippen molar-refractivity contribution in [2.24, 2.45) is 9.98 Å². The number of aliphatic imine (C=N–C) groups is 2. The zero-order valence-electron chi connectivity index (χ0n) is 29.2. The summed E-state index contributed by atoms with van der Waals surface area (Å²) in [5.41, 5.74) is 3.33. The van der Waals surface area contributed by atoms with Gasteiger partial charge in [-0.1, -0.05) is 12.2 Å². The van der Waals surface area contributed by atoms with Crippen LogP contribution < -0.4 is 21.3 Å². The SMILES string of the molecule is C=CCNC(=O)N(CC)C(=NCC)c1ccc(NC(=O)c2ccc(C(=O)Nc3ccc(C(=NCC)N(CC)C(=O)NCC=C)cc3)cc2)cc1. The molecule has 0 saturated heterocycles. The molecule has 0 aliphatic carbocycles. The van der Waals surface area contributed by atoms with E-state index in [1.807, 2.05) is 27.7 Å². The van der Waals surface area contributed by atoms with Crippen molar-refractivity contribution in [3.63, 3.8) is 0 Å². The highest BCUT2D eigenvalue weighted by Gasteiger charge is 2.20. The first kappa shape index (κ1) is 38.4. The van der Waals surface area contributed by atoms with Gasteiger partial charge in [0.25, 0.3) is 11.8 Å². The van der Waals surface area contributed by atoms with Crippen molar-refractivity contribution in [1.29, 1.82) is 0 Å². The lowest BCUT2D eigenvalue weighted by Crippen LogP contribution is -2.44. The van der Waals surface area contributed by atoms with Crippen molar-refractivity contribution in [1.82, 2.24) is 20.4 Å². The molecule has 12 nitrogen and oxygen atoms in total. The number of benzene rings is 3. The average molecular weight is 679 g/mol. The third-order valence-electron chi connectivity index (χ3n) is 7.26. The molecule has 262 valence electrons. The zero-order chi connectivity index (χ0) is 36.5. The second kappa shape index (κ2) is 19.7. The maximum atomic E-state index is 13.0. The van der Waals surface area contributed by atoms with E-state index in [0.29, 0.717) is 73.4 Å². The first-order valence-electron chi connectivity index (χ1n) is 16.6. The van der Waals surface area contributed by atoms with E-state index in [1.54, 1.807) is 94.7 Å². The number of carbonyl (C=O) groups excluding carboxylic acids is 4. The monoisotopic (exact) mass is 678 g/mol. The molecule has 0 aliphatic rings. The highest BCUT2D eigenvalue weighted by molar-refractivity contribution is 6.10. The molecule has 12 heteroatoms. The predicted octanol–water partition coefficient (Wildman–Crippen LogP) is 6.16. The molecule has 0 atom stereocenters. The van der Waals surface area contributed by atoms with Crippen LogP contribution in [0.15, 0.2) is 108 Å². The topological polar surface area (TPSA) is 148 Å². The van der Waals surface area contributed by atoms with E-state index in [9.17, 15) is 19.2 Å². The number of hydrogen-bond acceptors (Lipinski definition) is 6.